The summed E-state index contributed by atoms with van der Waals surface area (Å²) in [5, 5.41) is 11.9. The van der Waals surface area contributed by atoms with E-state index in [0.29, 0.717) is 13.1 Å². The standard InChI is InChI=1S/C25H27NO2/c1-19-11-9-10-16-23(19)18-26(17-21-12-5-3-6-13-21)24(20(2)25(27)28)22-14-7-4-8-15-22/h3-16,20,24H,17-18H2,1-2H3,(H,27,28)/p-1. The van der Waals surface area contributed by atoms with Crippen LogP contribution in [0.5, 0.6) is 0 Å². The molecule has 3 rings (SSSR count). The molecule has 2 atom stereocenters. The molecule has 3 aromatic rings. The van der Waals surface area contributed by atoms with Crippen LogP contribution in [0, 0.1) is 12.8 Å². The summed E-state index contributed by atoms with van der Waals surface area (Å²) in [5.41, 5.74) is 4.55. The summed E-state index contributed by atoms with van der Waals surface area (Å²) in [4.78, 5) is 14.1. The number of rotatable bonds is 8. The molecule has 0 amide bonds. The SMILES string of the molecule is Cc1ccccc1CN(Cc1ccccc1)C(c1ccccc1)C(C)C(=O)[O-]. The van der Waals surface area contributed by atoms with Crippen LogP contribution < -0.4 is 5.11 Å². The summed E-state index contributed by atoms with van der Waals surface area (Å²) < 4.78 is 0. The van der Waals surface area contributed by atoms with Crippen LogP contribution in [0.3, 0.4) is 0 Å². The number of carboxylic acid groups (broad SMARTS) is 1. The fraction of sp³-hybridized carbons (Fsp3) is 0.240. The van der Waals surface area contributed by atoms with E-state index in [9.17, 15) is 9.90 Å². The fourth-order valence-corrected chi connectivity index (χ4v) is 3.67. The Kier molecular flexibility index (Phi) is 6.62. The van der Waals surface area contributed by atoms with Crippen molar-refractivity contribution in [3.63, 3.8) is 0 Å². The normalized spacial score (nSPS) is 13.2. The molecule has 0 spiro atoms. The lowest BCUT2D eigenvalue weighted by Crippen LogP contribution is -2.40. The maximum atomic E-state index is 11.9. The van der Waals surface area contributed by atoms with E-state index in [-0.39, 0.29) is 6.04 Å². The third kappa shape index (κ3) is 4.87. The van der Waals surface area contributed by atoms with Gasteiger partial charge in [0.2, 0.25) is 0 Å². The van der Waals surface area contributed by atoms with Gasteiger partial charge >= 0.3 is 0 Å². The first-order valence-corrected chi connectivity index (χ1v) is 9.64. The Morgan fingerprint density at radius 2 is 1.43 bits per heavy atom. The molecule has 3 nitrogen and oxygen atoms in total. The molecule has 0 fully saturated rings. The first kappa shape index (κ1) is 19.8. The van der Waals surface area contributed by atoms with Crippen LogP contribution in [-0.4, -0.2) is 10.9 Å². The molecule has 3 heteroatoms. The number of hydrogen-bond acceptors (Lipinski definition) is 3. The van der Waals surface area contributed by atoms with Gasteiger partial charge in [-0.3, -0.25) is 4.90 Å². The molecule has 0 aromatic heterocycles. The highest BCUT2D eigenvalue weighted by molar-refractivity contribution is 5.68. The molecule has 2 unspecified atom stereocenters. The van der Waals surface area contributed by atoms with Crippen molar-refractivity contribution in [2.24, 2.45) is 5.92 Å². The fourth-order valence-electron chi connectivity index (χ4n) is 3.67. The molecular formula is C25H26NO2-. The molecule has 144 valence electrons. The zero-order valence-corrected chi connectivity index (χ0v) is 16.4. The minimum atomic E-state index is -1.03. The van der Waals surface area contributed by atoms with Crippen LogP contribution in [0.2, 0.25) is 0 Å². The second-order valence-corrected chi connectivity index (χ2v) is 7.28. The predicted molar refractivity (Wildman–Crippen MR) is 110 cm³/mol. The van der Waals surface area contributed by atoms with Crippen molar-refractivity contribution >= 4 is 5.97 Å². The van der Waals surface area contributed by atoms with Gasteiger partial charge in [0.25, 0.3) is 0 Å². The molecule has 0 bridgehead atoms. The van der Waals surface area contributed by atoms with Crippen molar-refractivity contribution in [2.45, 2.75) is 33.0 Å². The lowest BCUT2D eigenvalue weighted by molar-refractivity contribution is -0.313. The highest BCUT2D eigenvalue weighted by atomic mass is 16.4. The second kappa shape index (κ2) is 9.34. The van der Waals surface area contributed by atoms with Gasteiger partial charge in [-0.25, -0.2) is 0 Å². The van der Waals surface area contributed by atoms with Crippen molar-refractivity contribution in [1.82, 2.24) is 4.90 Å². The number of nitrogens with zero attached hydrogens (tertiary/aromatic N) is 1. The second-order valence-electron chi connectivity index (χ2n) is 7.28. The van der Waals surface area contributed by atoms with Crippen LogP contribution in [0.25, 0.3) is 0 Å². The Morgan fingerprint density at radius 1 is 0.857 bits per heavy atom. The maximum Gasteiger partial charge on any atom is 0.0461 e. The zero-order valence-electron chi connectivity index (χ0n) is 16.4. The summed E-state index contributed by atoms with van der Waals surface area (Å²) in [6.07, 6.45) is 0. The summed E-state index contributed by atoms with van der Waals surface area (Å²) in [6.45, 7) is 5.16. The van der Waals surface area contributed by atoms with Gasteiger partial charge in [-0.15, -0.1) is 0 Å². The van der Waals surface area contributed by atoms with Crippen LogP contribution in [0.15, 0.2) is 84.9 Å². The van der Waals surface area contributed by atoms with Crippen LogP contribution in [0.1, 0.15) is 35.2 Å². The van der Waals surface area contributed by atoms with E-state index >= 15 is 0 Å². The molecular weight excluding hydrogens is 346 g/mol. The molecule has 0 heterocycles. The molecule has 3 aromatic carbocycles. The average molecular weight is 372 g/mol. The van der Waals surface area contributed by atoms with Crippen LogP contribution in [0.4, 0.5) is 0 Å². The maximum absolute atomic E-state index is 11.9. The van der Waals surface area contributed by atoms with Gasteiger partial charge in [0.05, 0.1) is 0 Å². The summed E-state index contributed by atoms with van der Waals surface area (Å²) in [7, 11) is 0. The Balaban J connectivity index is 2.02. The minimum absolute atomic E-state index is 0.286. The lowest BCUT2D eigenvalue weighted by atomic mass is 9.91. The van der Waals surface area contributed by atoms with E-state index in [1.807, 2.05) is 60.7 Å². The van der Waals surface area contributed by atoms with Crippen LogP contribution in [-0.2, 0) is 17.9 Å². The van der Waals surface area contributed by atoms with E-state index in [2.05, 4.69) is 36.1 Å². The molecule has 0 radical (unpaired) electrons. The third-order valence-electron chi connectivity index (χ3n) is 5.24. The topological polar surface area (TPSA) is 43.4 Å². The van der Waals surface area contributed by atoms with Crippen molar-refractivity contribution in [2.75, 3.05) is 0 Å². The minimum Gasteiger partial charge on any atom is -0.550 e. The van der Waals surface area contributed by atoms with Crippen molar-refractivity contribution in [3.8, 4) is 0 Å². The highest BCUT2D eigenvalue weighted by Crippen LogP contribution is 2.32. The summed E-state index contributed by atoms with van der Waals surface area (Å²) in [6, 6.07) is 28.0. The smallest absolute Gasteiger partial charge is 0.0461 e. The molecule has 0 aliphatic rings. The van der Waals surface area contributed by atoms with Gasteiger partial charge in [-0.2, -0.15) is 0 Å². The molecule has 0 aliphatic carbocycles. The Morgan fingerprint density at radius 3 is 2.04 bits per heavy atom. The van der Waals surface area contributed by atoms with Crippen molar-refractivity contribution < 1.29 is 9.90 Å². The number of carbonyl (C=O) groups excluding carboxylic acids is 1. The van der Waals surface area contributed by atoms with E-state index in [4.69, 9.17) is 0 Å². The Hall–Kier alpha value is -2.91. The van der Waals surface area contributed by atoms with Gasteiger partial charge in [0.15, 0.2) is 0 Å². The number of benzene rings is 3. The summed E-state index contributed by atoms with van der Waals surface area (Å²) in [5.74, 6) is -1.67. The number of carboxylic acids is 1. The predicted octanol–water partition coefficient (Wildman–Crippen LogP) is 4.12. The van der Waals surface area contributed by atoms with Gasteiger partial charge in [0.1, 0.15) is 0 Å². The first-order chi connectivity index (χ1) is 13.6. The van der Waals surface area contributed by atoms with Gasteiger partial charge in [0, 0.05) is 31.0 Å². The van der Waals surface area contributed by atoms with Crippen molar-refractivity contribution in [1.29, 1.82) is 0 Å². The van der Waals surface area contributed by atoms with Gasteiger partial charge in [-0.1, -0.05) is 91.9 Å². The zero-order chi connectivity index (χ0) is 19.9. The Bertz CT molecular complexity index is 893. The quantitative estimate of drug-likeness (QED) is 0.597. The Labute approximate surface area is 167 Å². The molecule has 0 saturated heterocycles. The first-order valence-electron chi connectivity index (χ1n) is 9.64. The van der Waals surface area contributed by atoms with E-state index in [1.165, 1.54) is 11.1 Å². The van der Waals surface area contributed by atoms with Gasteiger partial charge < -0.3 is 9.90 Å². The molecule has 0 saturated carbocycles. The lowest BCUT2D eigenvalue weighted by Gasteiger charge is -2.37. The van der Waals surface area contributed by atoms with E-state index in [1.54, 1.807) is 6.92 Å². The van der Waals surface area contributed by atoms with E-state index in [0.717, 1.165) is 11.1 Å². The largest absolute Gasteiger partial charge is 0.550 e. The molecule has 0 aliphatic heterocycles. The number of carbonyl (C=O) groups is 1. The van der Waals surface area contributed by atoms with Gasteiger partial charge in [-0.05, 0) is 29.2 Å². The average Bonchev–Trinajstić information content (AvgIpc) is 2.71. The van der Waals surface area contributed by atoms with Crippen molar-refractivity contribution in [3.05, 3.63) is 107 Å². The van der Waals surface area contributed by atoms with Crippen LogP contribution >= 0.6 is 0 Å². The third-order valence-corrected chi connectivity index (χ3v) is 5.24. The molecule has 0 N–H and O–H groups in total. The number of hydrogen-bond donors (Lipinski definition) is 0. The number of aliphatic carboxylic acids is 1. The molecule has 28 heavy (non-hydrogen) atoms. The highest BCUT2D eigenvalue weighted by Gasteiger charge is 2.27. The number of aryl methyl sites for hydroxylation is 1. The van der Waals surface area contributed by atoms with E-state index < -0.39 is 11.9 Å². The monoisotopic (exact) mass is 372 g/mol. The summed E-state index contributed by atoms with van der Waals surface area (Å²) >= 11 is 0.